The summed E-state index contributed by atoms with van der Waals surface area (Å²) < 4.78 is 15.3. The highest BCUT2D eigenvalue weighted by atomic mass is 35.5. The largest absolute Gasteiger partial charge is 0.329 e. The van der Waals surface area contributed by atoms with E-state index in [1.54, 1.807) is 16.8 Å². The Bertz CT molecular complexity index is 1170. The van der Waals surface area contributed by atoms with Crippen LogP contribution in [-0.4, -0.2) is 39.6 Å². The van der Waals surface area contributed by atoms with E-state index in [1.807, 2.05) is 52.0 Å². The van der Waals surface area contributed by atoms with E-state index in [9.17, 15) is 14.0 Å². The second-order valence-electron chi connectivity index (χ2n) is 9.17. The first-order valence-electron chi connectivity index (χ1n) is 11.3. The van der Waals surface area contributed by atoms with Crippen molar-refractivity contribution < 1.29 is 14.0 Å². The normalized spacial score (nSPS) is 11.4. The van der Waals surface area contributed by atoms with Gasteiger partial charge in [-0.25, -0.2) is 9.07 Å². The molecule has 0 bridgehead atoms. The Kier molecular flexibility index (Phi) is 8.10. The van der Waals surface area contributed by atoms with Crippen LogP contribution in [-0.2, 0) is 10.2 Å². The lowest BCUT2D eigenvalue weighted by Gasteiger charge is -2.22. The molecule has 1 N–H and O–H groups in total. The van der Waals surface area contributed by atoms with Gasteiger partial charge in [-0.1, -0.05) is 63.9 Å². The number of amides is 2. The van der Waals surface area contributed by atoms with Gasteiger partial charge in [-0.15, -0.1) is 0 Å². The van der Waals surface area contributed by atoms with Crippen molar-refractivity contribution >= 4 is 29.2 Å². The van der Waals surface area contributed by atoms with E-state index in [2.05, 4.69) is 10.4 Å². The highest BCUT2D eigenvalue weighted by Crippen LogP contribution is 2.29. The second kappa shape index (κ2) is 10.8. The van der Waals surface area contributed by atoms with Crippen LogP contribution in [0.3, 0.4) is 0 Å². The lowest BCUT2D eigenvalue weighted by atomic mass is 9.92. The molecule has 0 fully saturated rings. The van der Waals surface area contributed by atoms with Gasteiger partial charge in [-0.05, 0) is 36.8 Å². The minimum atomic E-state index is -0.496. The molecule has 0 aliphatic heterocycles. The van der Waals surface area contributed by atoms with E-state index in [-0.39, 0.29) is 23.4 Å². The molecule has 0 atom stereocenters. The second-order valence-corrected chi connectivity index (χ2v) is 9.57. The molecular formula is C26H30ClFN4O2. The molecular weight excluding hydrogens is 455 g/mol. The quantitative estimate of drug-likeness (QED) is 0.436. The summed E-state index contributed by atoms with van der Waals surface area (Å²) in [6.07, 6.45) is 1.57. The summed E-state index contributed by atoms with van der Waals surface area (Å²) in [6, 6.07) is 14.5. The summed E-state index contributed by atoms with van der Waals surface area (Å²) in [4.78, 5) is 27.5. The number of hydrogen-bond donors (Lipinski definition) is 1. The molecule has 0 aliphatic rings. The zero-order valence-corrected chi connectivity index (χ0v) is 20.7. The summed E-state index contributed by atoms with van der Waals surface area (Å²) >= 11 is 6.40. The average molecular weight is 485 g/mol. The third-order valence-electron chi connectivity index (χ3n) is 5.30. The number of unbranched alkanes of at least 4 members (excludes halogenated alkanes) is 1. The fraction of sp³-hybridized carbons (Fsp3) is 0.346. The topological polar surface area (TPSA) is 67.2 Å². The summed E-state index contributed by atoms with van der Waals surface area (Å²) in [7, 11) is 0. The van der Waals surface area contributed by atoms with E-state index in [1.165, 1.54) is 23.1 Å². The van der Waals surface area contributed by atoms with Crippen LogP contribution in [0.15, 0.2) is 54.6 Å². The van der Waals surface area contributed by atoms with Crippen LogP contribution in [0.1, 0.15) is 56.6 Å². The molecule has 0 radical (unpaired) electrons. The van der Waals surface area contributed by atoms with Gasteiger partial charge in [-0.2, -0.15) is 5.10 Å². The third kappa shape index (κ3) is 6.23. The maximum Gasteiger partial charge on any atom is 0.254 e. The highest BCUT2D eigenvalue weighted by Gasteiger charge is 2.24. The van der Waals surface area contributed by atoms with Gasteiger partial charge < -0.3 is 10.2 Å². The van der Waals surface area contributed by atoms with E-state index < -0.39 is 11.7 Å². The van der Waals surface area contributed by atoms with Gasteiger partial charge in [0, 0.05) is 23.6 Å². The molecule has 3 rings (SSSR count). The highest BCUT2D eigenvalue weighted by molar-refractivity contribution is 6.32. The summed E-state index contributed by atoms with van der Waals surface area (Å²) in [5, 5.41) is 8.06. The van der Waals surface area contributed by atoms with Crippen LogP contribution < -0.4 is 5.32 Å². The molecule has 0 saturated heterocycles. The molecule has 180 valence electrons. The maximum absolute atomic E-state index is 13.7. The minimum Gasteiger partial charge on any atom is -0.329 e. The molecule has 1 heterocycles. The summed E-state index contributed by atoms with van der Waals surface area (Å²) in [5.74, 6) is -0.812. The van der Waals surface area contributed by atoms with Crippen LogP contribution >= 0.6 is 11.6 Å². The van der Waals surface area contributed by atoms with Crippen LogP contribution in [0, 0.1) is 5.82 Å². The van der Waals surface area contributed by atoms with Crippen molar-refractivity contribution in [1.29, 1.82) is 0 Å². The van der Waals surface area contributed by atoms with Crippen molar-refractivity contribution in [3.8, 4) is 5.69 Å². The van der Waals surface area contributed by atoms with Gasteiger partial charge >= 0.3 is 0 Å². The smallest absolute Gasteiger partial charge is 0.254 e. The zero-order valence-electron chi connectivity index (χ0n) is 19.9. The first-order valence-corrected chi connectivity index (χ1v) is 11.7. The van der Waals surface area contributed by atoms with Crippen molar-refractivity contribution in [3.63, 3.8) is 0 Å². The van der Waals surface area contributed by atoms with Crippen LogP contribution in [0.2, 0.25) is 5.02 Å². The van der Waals surface area contributed by atoms with E-state index in [4.69, 9.17) is 11.6 Å². The van der Waals surface area contributed by atoms with Crippen LogP contribution in [0.5, 0.6) is 0 Å². The summed E-state index contributed by atoms with van der Waals surface area (Å²) in [5.41, 5.74) is 1.36. The number of aromatic nitrogens is 2. The lowest BCUT2D eigenvalue weighted by molar-refractivity contribution is -0.116. The Morgan fingerprint density at radius 1 is 1.12 bits per heavy atom. The Labute approximate surface area is 204 Å². The predicted octanol–water partition coefficient (Wildman–Crippen LogP) is 5.84. The zero-order chi connectivity index (χ0) is 24.9. The van der Waals surface area contributed by atoms with E-state index >= 15 is 0 Å². The van der Waals surface area contributed by atoms with E-state index in [0.717, 1.165) is 18.5 Å². The average Bonchev–Trinajstić information content (AvgIpc) is 3.20. The first kappa shape index (κ1) is 25.4. The van der Waals surface area contributed by atoms with Gasteiger partial charge in [0.25, 0.3) is 5.91 Å². The molecule has 2 amide bonds. The molecule has 6 nitrogen and oxygen atoms in total. The van der Waals surface area contributed by atoms with Gasteiger partial charge in [0.2, 0.25) is 5.91 Å². The minimum absolute atomic E-state index is 0.173. The number of halogens is 2. The van der Waals surface area contributed by atoms with Gasteiger partial charge in [0.15, 0.2) is 0 Å². The first-order chi connectivity index (χ1) is 16.1. The van der Waals surface area contributed by atoms with Gasteiger partial charge in [-0.3, -0.25) is 9.59 Å². The number of nitrogens with one attached hydrogen (secondary N) is 1. The molecule has 3 aromatic rings. The third-order valence-corrected chi connectivity index (χ3v) is 5.62. The van der Waals surface area contributed by atoms with Crippen molar-refractivity contribution in [2.45, 2.75) is 46.0 Å². The number of hydrogen-bond acceptors (Lipinski definition) is 3. The van der Waals surface area contributed by atoms with Gasteiger partial charge in [0.1, 0.15) is 18.2 Å². The monoisotopic (exact) mass is 484 g/mol. The molecule has 34 heavy (non-hydrogen) atoms. The Morgan fingerprint density at radius 3 is 2.50 bits per heavy atom. The summed E-state index contributed by atoms with van der Waals surface area (Å²) in [6.45, 7) is 8.30. The Hall–Kier alpha value is -3.19. The molecule has 8 heteroatoms. The maximum atomic E-state index is 13.7. The molecule has 0 aliphatic carbocycles. The number of para-hydroxylation sites is 1. The predicted molar refractivity (Wildman–Crippen MR) is 133 cm³/mol. The van der Waals surface area contributed by atoms with E-state index in [0.29, 0.717) is 23.1 Å². The number of anilines is 1. The number of benzene rings is 2. The Balaban J connectivity index is 1.87. The fourth-order valence-electron chi connectivity index (χ4n) is 3.40. The number of carbonyl (C=O) groups is 2. The Morgan fingerprint density at radius 2 is 1.85 bits per heavy atom. The SMILES string of the molecule is CCCCN(CC(=O)Nc1cc(C(C)(C)C)nn1-c1ccccc1Cl)C(=O)c1cccc(F)c1. The molecule has 0 saturated carbocycles. The van der Waals surface area contributed by atoms with Crippen molar-refractivity contribution in [3.05, 3.63) is 76.7 Å². The number of rotatable bonds is 8. The molecule has 0 spiro atoms. The van der Waals surface area contributed by atoms with Crippen molar-refractivity contribution in [2.75, 3.05) is 18.4 Å². The number of nitrogens with zero attached hydrogens (tertiary/aromatic N) is 3. The van der Waals surface area contributed by atoms with Gasteiger partial charge in [0.05, 0.1) is 16.4 Å². The standard InChI is InChI=1S/C26H30ClFN4O2/c1-5-6-14-31(25(34)18-10-9-11-19(28)15-18)17-24(33)29-23-16-22(26(2,3)4)30-32(23)21-13-8-7-12-20(21)27/h7-13,15-16H,5-6,14,17H2,1-4H3,(H,29,33). The van der Waals surface area contributed by atoms with Crippen molar-refractivity contribution in [1.82, 2.24) is 14.7 Å². The molecule has 2 aromatic carbocycles. The van der Waals surface area contributed by atoms with Crippen molar-refractivity contribution in [2.24, 2.45) is 0 Å². The van der Waals surface area contributed by atoms with Crippen LogP contribution in [0.25, 0.3) is 5.69 Å². The lowest BCUT2D eigenvalue weighted by Crippen LogP contribution is -2.39. The van der Waals surface area contributed by atoms with Crippen LogP contribution in [0.4, 0.5) is 10.2 Å². The number of carbonyl (C=O) groups excluding carboxylic acids is 2. The molecule has 0 unspecified atom stereocenters. The molecule has 1 aromatic heterocycles. The fourth-order valence-corrected chi connectivity index (χ4v) is 3.62.